The lowest BCUT2D eigenvalue weighted by atomic mass is 10.0. The summed E-state index contributed by atoms with van der Waals surface area (Å²) in [6.07, 6.45) is 0. The zero-order chi connectivity index (χ0) is 21.7. The van der Waals surface area contributed by atoms with Gasteiger partial charge in [-0.05, 0) is 81.6 Å². The quantitative estimate of drug-likeness (QED) is 0.662. The minimum atomic E-state index is -1.06. The van der Waals surface area contributed by atoms with Gasteiger partial charge in [-0.2, -0.15) is 0 Å². The molecule has 0 aliphatic heterocycles. The number of aliphatic carboxylic acids is 1. The summed E-state index contributed by atoms with van der Waals surface area (Å²) in [5.41, 5.74) is 3.67. The van der Waals surface area contributed by atoms with Crippen LogP contribution in [-0.2, 0) is 4.79 Å². The van der Waals surface area contributed by atoms with Crippen LogP contribution in [0.4, 0.5) is 5.69 Å². The van der Waals surface area contributed by atoms with Crippen molar-refractivity contribution < 1.29 is 24.2 Å². The Balaban J connectivity index is 2.17. The van der Waals surface area contributed by atoms with Crippen LogP contribution in [0.25, 0.3) is 0 Å². The van der Waals surface area contributed by atoms with Gasteiger partial charge in [-0.15, -0.1) is 0 Å². The fourth-order valence-corrected chi connectivity index (χ4v) is 2.98. The number of benzene rings is 2. The van der Waals surface area contributed by atoms with Gasteiger partial charge in [-0.1, -0.05) is 0 Å². The summed E-state index contributed by atoms with van der Waals surface area (Å²) in [5, 5.41) is 14.4. The Morgan fingerprint density at radius 1 is 0.966 bits per heavy atom. The van der Waals surface area contributed by atoms with E-state index in [9.17, 15) is 14.4 Å². The Hall–Kier alpha value is -3.35. The maximum atomic E-state index is 12.6. The summed E-state index contributed by atoms with van der Waals surface area (Å²) in [6, 6.07) is 8.45. The molecular weight excluding hydrogens is 372 g/mol. The van der Waals surface area contributed by atoms with Crippen molar-refractivity contribution in [2.75, 3.05) is 11.9 Å². The lowest BCUT2D eigenvalue weighted by Crippen LogP contribution is -2.30. The Bertz CT molecular complexity index is 927. The van der Waals surface area contributed by atoms with Gasteiger partial charge in [-0.25, -0.2) is 4.79 Å². The number of carboxylic acids is 1. The molecule has 0 atom stereocenters. The number of rotatable bonds is 7. The molecule has 0 heterocycles. The van der Waals surface area contributed by atoms with E-state index in [-0.39, 0.29) is 17.9 Å². The Labute approximate surface area is 170 Å². The predicted octanol–water partition coefficient (Wildman–Crippen LogP) is 3.47. The lowest BCUT2D eigenvalue weighted by molar-refractivity contribution is -0.139. The number of nitrogens with one attached hydrogen (secondary N) is 2. The van der Waals surface area contributed by atoms with E-state index >= 15 is 0 Å². The Morgan fingerprint density at radius 3 is 2.10 bits per heavy atom. The number of hydrogen-bond acceptors (Lipinski definition) is 4. The molecule has 7 nitrogen and oxygen atoms in total. The van der Waals surface area contributed by atoms with Crippen molar-refractivity contribution in [3.8, 4) is 5.75 Å². The highest BCUT2D eigenvalue weighted by atomic mass is 16.5. The van der Waals surface area contributed by atoms with Crippen molar-refractivity contribution in [2.45, 2.75) is 40.7 Å². The van der Waals surface area contributed by atoms with E-state index in [0.29, 0.717) is 33.7 Å². The minimum Gasteiger partial charge on any atom is -0.481 e. The van der Waals surface area contributed by atoms with Gasteiger partial charge in [0, 0.05) is 22.9 Å². The number of hydrogen-bond donors (Lipinski definition) is 3. The van der Waals surface area contributed by atoms with Crippen LogP contribution in [0.1, 0.15) is 51.3 Å². The topological polar surface area (TPSA) is 105 Å². The molecule has 2 amide bonds. The molecule has 2 aromatic carbocycles. The summed E-state index contributed by atoms with van der Waals surface area (Å²) in [4.78, 5) is 35.5. The maximum absolute atomic E-state index is 12.6. The molecule has 0 aliphatic rings. The highest BCUT2D eigenvalue weighted by Gasteiger charge is 2.15. The van der Waals surface area contributed by atoms with Crippen molar-refractivity contribution in [1.29, 1.82) is 0 Å². The Morgan fingerprint density at radius 2 is 1.59 bits per heavy atom. The molecule has 29 heavy (non-hydrogen) atoms. The number of aryl methyl sites for hydroxylation is 3. The lowest BCUT2D eigenvalue weighted by Gasteiger charge is -2.14. The fraction of sp³-hybridized carbons (Fsp3) is 0.318. The average Bonchev–Trinajstić information content (AvgIpc) is 2.59. The van der Waals surface area contributed by atoms with Gasteiger partial charge in [-0.3, -0.25) is 9.59 Å². The molecule has 0 saturated carbocycles. The first-order valence-corrected chi connectivity index (χ1v) is 9.27. The van der Waals surface area contributed by atoms with E-state index in [1.165, 1.54) is 0 Å². The Kier molecular flexibility index (Phi) is 6.98. The molecule has 0 spiro atoms. The van der Waals surface area contributed by atoms with Gasteiger partial charge < -0.3 is 20.5 Å². The number of amides is 2. The monoisotopic (exact) mass is 398 g/mol. The number of carbonyl (C=O) groups is 3. The van der Waals surface area contributed by atoms with E-state index in [1.54, 1.807) is 44.2 Å². The first kappa shape index (κ1) is 21.9. The van der Waals surface area contributed by atoms with E-state index in [4.69, 9.17) is 9.84 Å². The first-order chi connectivity index (χ1) is 13.6. The SMILES string of the molecule is Cc1cc(NC(=O)c2cc(C)c(OCC(=O)O)c(C)c2)ccc1C(=O)NC(C)C. The highest BCUT2D eigenvalue weighted by molar-refractivity contribution is 6.05. The highest BCUT2D eigenvalue weighted by Crippen LogP contribution is 2.25. The van der Waals surface area contributed by atoms with Crippen LogP contribution in [-0.4, -0.2) is 35.5 Å². The average molecular weight is 398 g/mol. The molecule has 7 heteroatoms. The molecule has 0 unspecified atom stereocenters. The number of carbonyl (C=O) groups excluding carboxylic acids is 2. The molecular formula is C22H26N2O5. The van der Waals surface area contributed by atoms with Crippen molar-refractivity contribution in [3.63, 3.8) is 0 Å². The van der Waals surface area contributed by atoms with Crippen LogP contribution in [0.3, 0.4) is 0 Å². The molecule has 0 aromatic heterocycles. The fourth-order valence-electron chi connectivity index (χ4n) is 2.98. The van der Waals surface area contributed by atoms with Gasteiger partial charge >= 0.3 is 5.97 Å². The molecule has 0 fully saturated rings. The molecule has 2 aromatic rings. The van der Waals surface area contributed by atoms with E-state index < -0.39 is 12.6 Å². The van der Waals surface area contributed by atoms with Crippen LogP contribution >= 0.6 is 0 Å². The van der Waals surface area contributed by atoms with Gasteiger partial charge in [0.1, 0.15) is 5.75 Å². The largest absolute Gasteiger partial charge is 0.481 e. The molecule has 2 rings (SSSR count). The van der Waals surface area contributed by atoms with E-state index in [1.807, 2.05) is 20.8 Å². The first-order valence-electron chi connectivity index (χ1n) is 9.27. The van der Waals surface area contributed by atoms with Crippen LogP contribution in [0.5, 0.6) is 5.75 Å². The van der Waals surface area contributed by atoms with Crippen molar-refractivity contribution in [3.05, 3.63) is 58.1 Å². The second-order valence-electron chi connectivity index (χ2n) is 7.23. The number of carboxylic acid groups (broad SMARTS) is 1. The minimum absolute atomic E-state index is 0.0372. The third kappa shape index (κ3) is 5.81. The molecule has 3 N–H and O–H groups in total. The van der Waals surface area contributed by atoms with Gasteiger partial charge in [0.05, 0.1) is 0 Å². The van der Waals surface area contributed by atoms with Gasteiger partial charge in [0.15, 0.2) is 6.61 Å². The summed E-state index contributed by atoms with van der Waals surface area (Å²) in [5.74, 6) is -1.06. The third-order valence-corrected chi connectivity index (χ3v) is 4.21. The normalized spacial score (nSPS) is 10.6. The van der Waals surface area contributed by atoms with Gasteiger partial charge in [0.2, 0.25) is 0 Å². The number of ether oxygens (including phenoxy) is 1. The van der Waals surface area contributed by atoms with Gasteiger partial charge in [0.25, 0.3) is 11.8 Å². The molecule has 0 bridgehead atoms. The summed E-state index contributed by atoms with van der Waals surface area (Å²) in [7, 11) is 0. The summed E-state index contributed by atoms with van der Waals surface area (Å²) >= 11 is 0. The zero-order valence-electron chi connectivity index (χ0n) is 17.3. The van der Waals surface area contributed by atoms with E-state index in [2.05, 4.69) is 10.6 Å². The van der Waals surface area contributed by atoms with Crippen LogP contribution < -0.4 is 15.4 Å². The predicted molar refractivity (Wildman–Crippen MR) is 111 cm³/mol. The van der Waals surface area contributed by atoms with Crippen LogP contribution in [0.15, 0.2) is 30.3 Å². The van der Waals surface area contributed by atoms with Crippen molar-refractivity contribution in [2.24, 2.45) is 0 Å². The van der Waals surface area contributed by atoms with Crippen LogP contribution in [0.2, 0.25) is 0 Å². The molecule has 0 aliphatic carbocycles. The molecule has 0 saturated heterocycles. The summed E-state index contributed by atoms with van der Waals surface area (Å²) < 4.78 is 5.29. The smallest absolute Gasteiger partial charge is 0.341 e. The molecule has 154 valence electrons. The second-order valence-corrected chi connectivity index (χ2v) is 7.23. The number of anilines is 1. The second kappa shape index (κ2) is 9.23. The van der Waals surface area contributed by atoms with Crippen molar-refractivity contribution >= 4 is 23.5 Å². The zero-order valence-corrected chi connectivity index (χ0v) is 17.3. The van der Waals surface area contributed by atoms with Crippen molar-refractivity contribution in [1.82, 2.24) is 5.32 Å². The standard InChI is InChI=1S/C22H26N2O5/c1-12(2)23-22(28)18-7-6-17(10-13(18)3)24-21(27)16-8-14(4)20(15(5)9-16)29-11-19(25)26/h6-10,12H,11H2,1-5H3,(H,23,28)(H,24,27)(H,25,26). The molecule has 0 radical (unpaired) electrons. The summed E-state index contributed by atoms with van der Waals surface area (Å²) in [6.45, 7) is 8.67. The third-order valence-electron chi connectivity index (χ3n) is 4.21. The van der Waals surface area contributed by atoms with E-state index in [0.717, 1.165) is 5.56 Å². The maximum Gasteiger partial charge on any atom is 0.341 e. The van der Waals surface area contributed by atoms with Crippen LogP contribution in [0, 0.1) is 20.8 Å².